The predicted octanol–water partition coefficient (Wildman–Crippen LogP) is 4.54. The summed E-state index contributed by atoms with van der Waals surface area (Å²) >= 11 is 0. The monoisotopic (exact) mass is 640 g/mol. The van der Waals surface area contributed by atoms with Crippen molar-refractivity contribution in [2.45, 2.75) is 77.1 Å². The second-order valence-electron chi connectivity index (χ2n) is 12.9. The van der Waals surface area contributed by atoms with E-state index >= 15 is 0 Å². The number of nitrogens with zero attached hydrogens (tertiary/aromatic N) is 1. The van der Waals surface area contributed by atoms with Gasteiger partial charge in [0.25, 0.3) is 5.91 Å². The lowest BCUT2D eigenvalue weighted by atomic mass is 9.98. The van der Waals surface area contributed by atoms with Gasteiger partial charge in [-0.3, -0.25) is 19.2 Å². The summed E-state index contributed by atoms with van der Waals surface area (Å²) in [7, 11) is 1.61. The first kappa shape index (κ1) is 33.7. The normalized spacial score (nSPS) is 21.2. The maximum atomic E-state index is 14.1. The zero-order chi connectivity index (χ0) is 33.6. The van der Waals surface area contributed by atoms with Gasteiger partial charge in [0.2, 0.25) is 11.8 Å². The van der Waals surface area contributed by atoms with E-state index in [1.165, 1.54) is 0 Å². The van der Waals surface area contributed by atoms with Gasteiger partial charge in [0.1, 0.15) is 17.9 Å². The average molecular weight is 641 g/mol. The van der Waals surface area contributed by atoms with Gasteiger partial charge < -0.3 is 30.3 Å². The van der Waals surface area contributed by atoms with Crippen LogP contribution >= 0.6 is 0 Å². The average Bonchev–Trinajstić information content (AvgIpc) is 3.17. The molecular weight excluding hydrogens is 596 g/mol. The van der Waals surface area contributed by atoms with E-state index in [1.807, 2.05) is 74.5 Å². The number of esters is 1. The Morgan fingerprint density at radius 1 is 0.936 bits per heavy atom. The highest BCUT2D eigenvalue weighted by atomic mass is 16.5. The summed E-state index contributed by atoms with van der Waals surface area (Å²) in [5.74, 6) is -0.298. The first-order valence-electron chi connectivity index (χ1n) is 16.2. The molecule has 0 saturated carbocycles. The zero-order valence-electron chi connectivity index (χ0n) is 27.6. The molecular formula is C37H44N4O6. The molecule has 0 spiro atoms. The molecule has 0 saturated heterocycles. The number of carbonyl (C=O) groups is 4. The van der Waals surface area contributed by atoms with Crippen LogP contribution in [0, 0.1) is 0 Å². The van der Waals surface area contributed by atoms with Crippen molar-refractivity contribution in [2.75, 3.05) is 25.1 Å². The molecule has 3 N–H and O–H groups in total. The van der Waals surface area contributed by atoms with Crippen molar-refractivity contribution in [2.24, 2.45) is 0 Å². The summed E-state index contributed by atoms with van der Waals surface area (Å²) in [6.45, 7) is 6.58. The molecule has 3 aromatic rings. The maximum Gasteiger partial charge on any atom is 0.306 e. The highest BCUT2D eigenvalue weighted by Crippen LogP contribution is 2.32. The van der Waals surface area contributed by atoms with Crippen LogP contribution in [-0.4, -0.2) is 61.6 Å². The van der Waals surface area contributed by atoms with Crippen LogP contribution in [0.15, 0.2) is 66.7 Å². The number of aryl methyl sites for hydroxylation is 1. The van der Waals surface area contributed by atoms with Crippen molar-refractivity contribution in [1.29, 1.82) is 0 Å². The second-order valence-corrected chi connectivity index (χ2v) is 12.9. The minimum Gasteiger partial charge on any atom is -0.497 e. The zero-order valence-corrected chi connectivity index (χ0v) is 27.6. The number of benzene rings is 3. The molecule has 248 valence electrons. The van der Waals surface area contributed by atoms with Gasteiger partial charge in [-0.15, -0.1) is 0 Å². The van der Waals surface area contributed by atoms with Gasteiger partial charge in [-0.05, 0) is 86.6 Å². The van der Waals surface area contributed by atoms with Crippen molar-refractivity contribution in [3.8, 4) is 16.9 Å². The van der Waals surface area contributed by atoms with E-state index in [0.717, 1.165) is 27.9 Å². The first-order chi connectivity index (χ1) is 22.5. The smallest absolute Gasteiger partial charge is 0.306 e. The molecule has 0 unspecified atom stereocenters. The Hall–Kier alpha value is -4.70. The SMILES string of the molecule is COc1ccc2c(c1)CC[C@H]1NC(=O)CC(C)(C)NC[C@@H](C)OC(=O)CCCNC(=O)c3ccccc3-c3ccc(cc3)CN2C1=O. The van der Waals surface area contributed by atoms with Crippen molar-refractivity contribution in [3.05, 3.63) is 83.4 Å². The van der Waals surface area contributed by atoms with Gasteiger partial charge in [0.05, 0.1) is 13.7 Å². The topological polar surface area (TPSA) is 126 Å². The molecule has 10 heteroatoms. The largest absolute Gasteiger partial charge is 0.497 e. The Bertz CT molecular complexity index is 1620. The minimum atomic E-state index is -0.716. The first-order valence-corrected chi connectivity index (χ1v) is 16.2. The molecule has 4 bridgehead atoms. The molecule has 10 nitrogen and oxygen atoms in total. The molecule has 47 heavy (non-hydrogen) atoms. The van der Waals surface area contributed by atoms with E-state index in [4.69, 9.17) is 9.47 Å². The Morgan fingerprint density at radius 3 is 2.43 bits per heavy atom. The number of fused-ring (bicyclic) bond motifs is 16. The van der Waals surface area contributed by atoms with E-state index < -0.39 is 17.7 Å². The quantitative estimate of drug-likeness (QED) is 0.334. The van der Waals surface area contributed by atoms with E-state index in [-0.39, 0.29) is 36.5 Å². The molecule has 3 heterocycles. The third kappa shape index (κ3) is 8.56. The van der Waals surface area contributed by atoms with Crippen molar-refractivity contribution < 1.29 is 28.7 Å². The number of ether oxygens (including phenoxy) is 2. The van der Waals surface area contributed by atoms with Crippen LogP contribution < -0.4 is 25.6 Å². The Labute approximate surface area is 276 Å². The highest BCUT2D eigenvalue weighted by Gasteiger charge is 2.33. The van der Waals surface area contributed by atoms with Crippen LogP contribution in [0.2, 0.25) is 0 Å². The summed E-state index contributed by atoms with van der Waals surface area (Å²) < 4.78 is 11.0. The number of methoxy groups -OCH3 is 1. The molecule has 3 aliphatic heterocycles. The number of nitrogens with one attached hydrogen (secondary N) is 3. The number of carbonyl (C=O) groups excluding carboxylic acids is 4. The lowest BCUT2D eigenvalue weighted by Gasteiger charge is -2.30. The number of hydrogen-bond donors (Lipinski definition) is 3. The van der Waals surface area contributed by atoms with Gasteiger partial charge in [-0.1, -0.05) is 42.5 Å². The predicted molar refractivity (Wildman–Crippen MR) is 180 cm³/mol. The molecule has 0 fully saturated rings. The molecule has 3 aromatic carbocycles. The van der Waals surface area contributed by atoms with Gasteiger partial charge in [-0.2, -0.15) is 0 Å². The van der Waals surface area contributed by atoms with Crippen LogP contribution in [0.25, 0.3) is 11.1 Å². The fraction of sp³-hybridized carbons (Fsp3) is 0.405. The van der Waals surface area contributed by atoms with Gasteiger partial charge >= 0.3 is 5.97 Å². The number of rotatable bonds is 1. The van der Waals surface area contributed by atoms with Crippen molar-refractivity contribution >= 4 is 29.4 Å². The van der Waals surface area contributed by atoms with Gasteiger partial charge in [-0.25, -0.2) is 0 Å². The highest BCUT2D eigenvalue weighted by molar-refractivity contribution is 6.01. The van der Waals surface area contributed by atoms with Crippen molar-refractivity contribution in [1.82, 2.24) is 16.0 Å². The van der Waals surface area contributed by atoms with Gasteiger partial charge in [0, 0.05) is 42.7 Å². The van der Waals surface area contributed by atoms with E-state index in [2.05, 4.69) is 16.0 Å². The second kappa shape index (κ2) is 14.8. The van der Waals surface area contributed by atoms with E-state index in [1.54, 1.807) is 25.0 Å². The molecule has 3 aliphatic rings. The number of amides is 3. The summed E-state index contributed by atoms with van der Waals surface area (Å²) in [5, 5.41) is 9.26. The molecule has 0 aromatic heterocycles. The number of hydrogen-bond acceptors (Lipinski definition) is 7. The van der Waals surface area contributed by atoms with Crippen LogP contribution in [0.1, 0.15) is 67.9 Å². The standard InChI is InChI=1S/C37H44N4O6/c1-24-22-39-37(2,3)21-33(42)40-31-17-15-27-20-28(46-4)16-18-32(27)41(36(31)45)23-25-11-13-26(14-12-25)29-8-5-6-9-30(29)35(44)38-19-7-10-34(43)47-24/h5-6,8-9,11-14,16,18,20,24,31,39H,7,10,15,17,19,21-23H2,1-4H3,(H,38,44)(H,40,42)/t24-,31-/m1/s1. The van der Waals surface area contributed by atoms with Crippen LogP contribution in [-0.2, 0) is 32.1 Å². The fourth-order valence-corrected chi connectivity index (χ4v) is 6.07. The van der Waals surface area contributed by atoms with E-state index in [0.29, 0.717) is 50.2 Å². The van der Waals surface area contributed by atoms with Crippen LogP contribution in [0.5, 0.6) is 5.75 Å². The number of anilines is 1. The summed E-state index contributed by atoms with van der Waals surface area (Å²) in [4.78, 5) is 54.8. The van der Waals surface area contributed by atoms with Crippen molar-refractivity contribution in [3.63, 3.8) is 0 Å². The molecule has 6 rings (SSSR count). The molecule has 3 amide bonds. The summed E-state index contributed by atoms with van der Waals surface area (Å²) in [6.07, 6.45) is 1.35. The fourth-order valence-electron chi connectivity index (χ4n) is 6.07. The lowest BCUT2D eigenvalue weighted by molar-refractivity contribution is -0.148. The third-order valence-corrected chi connectivity index (χ3v) is 8.60. The summed E-state index contributed by atoms with van der Waals surface area (Å²) in [5.41, 5.74) is 4.20. The molecule has 0 radical (unpaired) electrons. The van der Waals surface area contributed by atoms with Crippen LogP contribution in [0.4, 0.5) is 5.69 Å². The van der Waals surface area contributed by atoms with Crippen LogP contribution in [0.3, 0.4) is 0 Å². The Balaban J connectivity index is 1.47. The van der Waals surface area contributed by atoms with E-state index in [9.17, 15) is 19.2 Å². The van der Waals surface area contributed by atoms with Gasteiger partial charge in [0.15, 0.2) is 0 Å². The summed E-state index contributed by atoms with van der Waals surface area (Å²) in [6, 6.07) is 20.2. The Morgan fingerprint density at radius 2 is 1.68 bits per heavy atom. The molecule has 2 atom stereocenters. The molecule has 0 aliphatic carbocycles. The third-order valence-electron chi connectivity index (χ3n) is 8.60. The minimum absolute atomic E-state index is 0.126. The Kier molecular flexibility index (Phi) is 10.6. The maximum absolute atomic E-state index is 14.1. The lowest BCUT2D eigenvalue weighted by Crippen LogP contribution is -2.51.